The SMILES string of the molecule is N#Cc1nc(NCCCF)ccc1N. The third-order valence-corrected chi connectivity index (χ3v) is 1.65. The first-order valence-corrected chi connectivity index (χ1v) is 4.24. The van der Waals surface area contributed by atoms with Crippen molar-refractivity contribution in [1.82, 2.24) is 4.98 Å². The molecule has 1 aromatic heterocycles. The standard InChI is InChI=1S/C9H11FN4/c10-4-1-5-13-9-3-2-7(12)8(6-11)14-9/h2-3H,1,4-5,12H2,(H,13,14). The fourth-order valence-corrected chi connectivity index (χ4v) is 0.941. The number of rotatable bonds is 4. The van der Waals surface area contributed by atoms with Gasteiger partial charge in [0.25, 0.3) is 0 Å². The molecule has 0 atom stereocenters. The van der Waals surface area contributed by atoms with Crippen LogP contribution in [-0.2, 0) is 0 Å². The molecule has 0 bridgehead atoms. The van der Waals surface area contributed by atoms with Crippen LogP contribution in [0.3, 0.4) is 0 Å². The van der Waals surface area contributed by atoms with E-state index < -0.39 is 0 Å². The van der Waals surface area contributed by atoms with Crippen molar-refractivity contribution in [1.29, 1.82) is 5.26 Å². The van der Waals surface area contributed by atoms with Crippen molar-refractivity contribution in [3.05, 3.63) is 17.8 Å². The molecule has 0 fully saturated rings. The quantitative estimate of drug-likeness (QED) is 0.708. The van der Waals surface area contributed by atoms with Gasteiger partial charge >= 0.3 is 0 Å². The molecule has 0 amide bonds. The highest BCUT2D eigenvalue weighted by molar-refractivity contribution is 5.54. The minimum Gasteiger partial charge on any atom is -0.396 e. The van der Waals surface area contributed by atoms with Gasteiger partial charge in [-0.25, -0.2) is 4.98 Å². The van der Waals surface area contributed by atoms with E-state index in [1.165, 1.54) is 0 Å². The lowest BCUT2D eigenvalue weighted by Crippen LogP contribution is -2.05. The lowest BCUT2D eigenvalue weighted by molar-refractivity contribution is 0.481. The van der Waals surface area contributed by atoms with Gasteiger partial charge in [0.1, 0.15) is 11.9 Å². The van der Waals surface area contributed by atoms with Crippen molar-refractivity contribution in [2.45, 2.75) is 6.42 Å². The van der Waals surface area contributed by atoms with Gasteiger partial charge in [0.15, 0.2) is 5.69 Å². The number of pyridine rings is 1. The second-order valence-corrected chi connectivity index (χ2v) is 2.72. The van der Waals surface area contributed by atoms with Gasteiger partial charge in [0.05, 0.1) is 12.4 Å². The van der Waals surface area contributed by atoms with E-state index in [4.69, 9.17) is 11.0 Å². The van der Waals surface area contributed by atoms with Gasteiger partial charge in [-0.05, 0) is 18.6 Å². The Morgan fingerprint density at radius 1 is 1.57 bits per heavy atom. The average Bonchev–Trinajstić information content (AvgIpc) is 2.21. The van der Waals surface area contributed by atoms with Crippen molar-refractivity contribution in [3.63, 3.8) is 0 Å². The van der Waals surface area contributed by atoms with E-state index in [0.717, 1.165) is 0 Å². The van der Waals surface area contributed by atoms with Crippen LogP contribution in [0, 0.1) is 11.3 Å². The highest BCUT2D eigenvalue weighted by Crippen LogP contribution is 2.11. The van der Waals surface area contributed by atoms with Crippen molar-refractivity contribution in [2.24, 2.45) is 0 Å². The normalized spacial score (nSPS) is 9.43. The number of halogens is 1. The number of aromatic nitrogens is 1. The average molecular weight is 194 g/mol. The highest BCUT2D eigenvalue weighted by atomic mass is 19.1. The fraction of sp³-hybridized carbons (Fsp3) is 0.333. The molecule has 5 heteroatoms. The summed E-state index contributed by atoms with van der Waals surface area (Å²) in [5, 5.41) is 11.5. The summed E-state index contributed by atoms with van der Waals surface area (Å²) in [5.41, 5.74) is 6.02. The molecule has 0 radical (unpaired) electrons. The van der Waals surface area contributed by atoms with Crippen molar-refractivity contribution >= 4 is 11.5 Å². The number of alkyl halides is 1. The third-order valence-electron chi connectivity index (χ3n) is 1.65. The number of nitrogen functional groups attached to an aromatic ring is 1. The van der Waals surface area contributed by atoms with Gasteiger partial charge in [0, 0.05) is 6.54 Å². The number of hydrogen-bond donors (Lipinski definition) is 2. The number of nitriles is 1. The Labute approximate surface area is 81.6 Å². The van der Waals surface area contributed by atoms with E-state index in [9.17, 15) is 4.39 Å². The summed E-state index contributed by atoms with van der Waals surface area (Å²) < 4.78 is 11.8. The van der Waals surface area contributed by atoms with Crippen molar-refractivity contribution < 1.29 is 4.39 Å². The zero-order valence-electron chi connectivity index (χ0n) is 7.63. The lowest BCUT2D eigenvalue weighted by atomic mass is 10.3. The molecule has 0 saturated heterocycles. The summed E-state index contributed by atoms with van der Waals surface area (Å²) in [7, 11) is 0. The summed E-state index contributed by atoms with van der Waals surface area (Å²) in [5.74, 6) is 0.546. The van der Waals surface area contributed by atoms with E-state index in [1.807, 2.05) is 6.07 Å². The number of nitrogens with one attached hydrogen (secondary N) is 1. The summed E-state index contributed by atoms with van der Waals surface area (Å²) >= 11 is 0. The predicted octanol–water partition coefficient (Wildman–Crippen LogP) is 1.31. The highest BCUT2D eigenvalue weighted by Gasteiger charge is 2.00. The number of nitrogens with zero attached hydrogens (tertiary/aromatic N) is 2. The van der Waals surface area contributed by atoms with Gasteiger partial charge in [-0.2, -0.15) is 5.26 Å². The van der Waals surface area contributed by atoms with Gasteiger partial charge in [-0.3, -0.25) is 4.39 Å². The van der Waals surface area contributed by atoms with Crippen LogP contribution in [0.25, 0.3) is 0 Å². The Morgan fingerprint density at radius 2 is 2.36 bits per heavy atom. The maximum atomic E-state index is 11.8. The Balaban J connectivity index is 2.66. The molecule has 1 heterocycles. The number of anilines is 2. The molecule has 0 aliphatic carbocycles. The van der Waals surface area contributed by atoms with Crippen LogP contribution in [0.15, 0.2) is 12.1 Å². The molecule has 0 aliphatic rings. The van der Waals surface area contributed by atoms with Crippen LogP contribution in [0.2, 0.25) is 0 Å². The topological polar surface area (TPSA) is 74.7 Å². The van der Waals surface area contributed by atoms with Crippen LogP contribution in [0.1, 0.15) is 12.1 Å². The van der Waals surface area contributed by atoms with Crippen LogP contribution >= 0.6 is 0 Å². The van der Waals surface area contributed by atoms with Crippen molar-refractivity contribution in [2.75, 3.05) is 24.3 Å². The molecule has 0 unspecified atom stereocenters. The monoisotopic (exact) mass is 194 g/mol. The molecule has 4 nitrogen and oxygen atoms in total. The predicted molar refractivity (Wildman–Crippen MR) is 52.4 cm³/mol. The molecular formula is C9H11FN4. The van der Waals surface area contributed by atoms with E-state index in [0.29, 0.717) is 24.5 Å². The Morgan fingerprint density at radius 3 is 3.00 bits per heavy atom. The van der Waals surface area contributed by atoms with Crippen molar-refractivity contribution in [3.8, 4) is 6.07 Å². The minimum absolute atomic E-state index is 0.190. The number of hydrogen-bond acceptors (Lipinski definition) is 4. The van der Waals surface area contributed by atoms with Gasteiger partial charge in [-0.1, -0.05) is 0 Å². The smallest absolute Gasteiger partial charge is 0.165 e. The van der Waals surface area contributed by atoms with E-state index in [2.05, 4.69) is 10.3 Å². The molecule has 14 heavy (non-hydrogen) atoms. The fourth-order valence-electron chi connectivity index (χ4n) is 0.941. The molecule has 74 valence electrons. The molecule has 3 N–H and O–H groups in total. The lowest BCUT2D eigenvalue weighted by Gasteiger charge is -2.04. The van der Waals surface area contributed by atoms with E-state index in [-0.39, 0.29) is 12.4 Å². The minimum atomic E-state index is -0.368. The summed E-state index contributed by atoms with van der Waals surface area (Å²) in [6.45, 7) is 0.130. The van der Waals surface area contributed by atoms with Crippen LogP contribution in [0.5, 0.6) is 0 Å². The summed E-state index contributed by atoms with van der Waals surface area (Å²) in [6, 6.07) is 5.14. The number of nitrogens with two attached hydrogens (primary N) is 1. The first-order valence-electron chi connectivity index (χ1n) is 4.24. The van der Waals surface area contributed by atoms with Gasteiger partial charge in [0.2, 0.25) is 0 Å². The summed E-state index contributed by atoms with van der Waals surface area (Å²) in [4.78, 5) is 3.94. The molecule has 0 aromatic carbocycles. The second kappa shape index (κ2) is 5.02. The first-order chi connectivity index (χ1) is 6.77. The van der Waals surface area contributed by atoms with Gasteiger partial charge in [-0.15, -0.1) is 0 Å². The molecule has 0 aliphatic heterocycles. The second-order valence-electron chi connectivity index (χ2n) is 2.72. The Hall–Kier alpha value is -1.83. The third kappa shape index (κ3) is 2.59. The first kappa shape index (κ1) is 10.3. The molecule has 0 saturated carbocycles. The summed E-state index contributed by atoms with van der Waals surface area (Å²) in [6.07, 6.45) is 0.425. The molecule has 0 spiro atoms. The zero-order chi connectivity index (χ0) is 10.4. The molecule has 1 aromatic rings. The largest absolute Gasteiger partial charge is 0.396 e. The molecule has 1 rings (SSSR count). The van der Waals surface area contributed by atoms with Crippen LogP contribution in [0.4, 0.5) is 15.9 Å². The van der Waals surface area contributed by atoms with Crippen LogP contribution in [-0.4, -0.2) is 18.2 Å². The zero-order valence-corrected chi connectivity index (χ0v) is 7.63. The Kier molecular flexibility index (Phi) is 3.68. The van der Waals surface area contributed by atoms with Crippen LogP contribution < -0.4 is 11.1 Å². The maximum Gasteiger partial charge on any atom is 0.165 e. The van der Waals surface area contributed by atoms with Gasteiger partial charge < -0.3 is 11.1 Å². The van der Waals surface area contributed by atoms with E-state index >= 15 is 0 Å². The maximum absolute atomic E-state index is 11.8. The Bertz CT molecular complexity index is 345. The van der Waals surface area contributed by atoms with E-state index in [1.54, 1.807) is 12.1 Å². The molecular weight excluding hydrogens is 183 g/mol.